The lowest BCUT2D eigenvalue weighted by molar-refractivity contribution is 0.0539. The van der Waals surface area contributed by atoms with Crippen molar-refractivity contribution in [3.05, 3.63) is 34.3 Å². The Labute approximate surface area is 92.8 Å². The SMILES string of the molecule is Brc1ccccc1CO[C@@H]1CCNC1. The number of nitrogens with one attached hydrogen (secondary N) is 1. The first-order valence-electron chi connectivity index (χ1n) is 4.92. The van der Waals surface area contributed by atoms with Crippen LogP contribution in [0.15, 0.2) is 28.7 Å². The van der Waals surface area contributed by atoms with Gasteiger partial charge >= 0.3 is 0 Å². The van der Waals surface area contributed by atoms with Gasteiger partial charge in [-0.3, -0.25) is 0 Å². The van der Waals surface area contributed by atoms with Crippen LogP contribution in [0.2, 0.25) is 0 Å². The average Bonchev–Trinajstić information content (AvgIpc) is 2.69. The van der Waals surface area contributed by atoms with Crippen LogP contribution in [0.3, 0.4) is 0 Å². The molecule has 1 aliphatic heterocycles. The number of hydrogen-bond donors (Lipinski definition) is 1. The highest BCUT2D eigenvalue weighted by Crippen LogP contribution is 2.18. The first-order chi connectivity index (χ1) is 6.86. The smallest absolute Gasteiger partial charge is 0.0732 e. The van der Waals surface area contributed by atoms with Crippen LogP contribution >= 0.6 is 15.9 Å². The first-order valence-corrected chi connectivity index (χ1v) is 5.71. The third-order valence-electron chi connectivity index (χ3n) is 2.45. The molecule has 1 aromatic rings. The normalized spacial score (nSPS) is 21.4. The Bertz CT molecular complexity index is 297. The van der Waals surface area contributed by atoms with E-state index in [1.807, 2.05) is 18.2 Å². The molecule has 1 fully saturated rings. The molecule has 1 aliphatic rings. The molecule has 2 nitrogen and oxygen atoms in total. The van der Waals surface area contributed by atoms with Crippen LogP contribution in [0.1, 0.15) is 12.0 Å². The molecule has 76 valence electrons. The molecule has 0 aromatic heterocycles. The molecule has 1 atom stereocenters. The van der Waals surface area contributed by atoms with Gasteiger partial charge in [-0.2, -0.15) is 0 Å². The standard InChI is InChI=1S/C11H14BrNO/c12-11-4-2-1-3-9(11)8-14-10-5-6-13-7-10/h1-4,10,13H,5-8H2/t10-/m1/s1. The molecular formula is C11H14BrNO. The number of hydrogen-bond acceptors (Lipinski definition) is 2. The monoisotopic (exact) mass is 255 g/mol. The molecule has 3 heteroatoms. The minimum Gasteiger partial charge on any atom is -0.372 e. The predicted molar refractivity (Wildman–Crippen MR) is 60.2 cm³/mol. The van der Waals surface area contributed by atoms with Crippen molar-refractivity contribution in [3.8, 4) is 0 Å². The zero-order chi connectivity index (χ0) is 9.80. The fourth-order valence-corrected chi connectivity index (χ4v) is 1.99. The number of benzene rings is 1. The fraction of sp³-hybridized carbons (Fsp3) is 0.455. The van der Waals surface area contributed by atoms with E-state index in [0.717, 1.165) is 24.0 Å². The average molecular weight is 256 g/mol. The molecule has 1 aromatic carbocycles. The zero-order valence-corrected chi connectivity index (χ0v) is 9.59. The maximum absolute atomic E-state index is 5.78. The Morgan fingerprint density at radius 1 is 1.43 bits per heavy atom. The highest BCUT2D eigenvalue weighted by Gasteiger charge is 2.14. The highest BCUT2D eigenvalue weighted by molar-refractivity contribution is 9.10. The van der Waals surface area contributed by atoms with Crippen LogP contribution in [0.5, 0.6) is 0 Å². The van der Waals surface area contributed by atoms with Crippen molar-refractivity contribution in [2.24, 2.45) is 0 Å². The summed E-state index contributed by atoms with van der Waals surface area (Å²) in [7, 11) is 0. The summed E-state index contributed by atoms with van der Waals surface area (Å²) in [6.07, 6.45) is 1.52. The molecule has 1 heterocycles. The van der Waals surface area contributed by atoms with Crippen LogP contribution < -0.4 is 5.32 Å². The topological polar surface area (TPSA) is 21.3 Å². The molecule has 2 rings (SSSR count). The van der Waals surface area contributed by atoms with Gasteiger partial charge in [0.25, 0.3) is 0 Å². The predicted octanol–water partition coefficient (Wildman–Crippen LogP) is 2.33. The third kappa shape index (κ3) is 2.56. The summed E-state index contributed by atoms with van der Waals surface area (Å²) in [6.45, 7) is 2.78. The molecule has 14 heavy (non-hydrogen) atoms. The first kappa shape index (κ1) is 10.1. The van der Waals surface area contributed by atoms with Gasteiger partial charge in [-0.25, -0.2) is 0 Å². The number of rotatable bonds is 3. The van der Waals surface area contributed by atoms with E-state index in [2.05, 4.69) is 27.3 Å². The van der Waals surface area contributed by atoms with Crippen LogP contribution in [0, 0.1) is 0 Å². The molecule has 0 aliphatic carbocycles. The molecule has 0 amide bonds. The summed E-state index contributed by atoms with van der Waals surface area (Å²) in [4.78, 5) is 0. The molecule has 0 bridgehead atoms. The second-order valence-electron chi connectivity index (χ2n) is 3.52. The molecular weight excluding hydrogens is 242 g/mol. The zero-order valence-electron chi connectivity index (χ0n) is 8.00. The van der Waals surface area contributed by atoms with Gasteiger partial charge in [0, 0.05) is 11.0 Å². The van der Waals surface area contributed by atoms with Gasteiger partial charge in [0.2, 0.25) is 0 Å². The highest BCUT2D eigenvalue weighted by atomic mass is 79.9. The molecule has 1 N–H and O–H groups in total. The van der Waals surface area contributed by atoms with E-state index in [4.69, 9.17) is 4.74 Å². The maximum Gasteiger partial charge on any atom is 0.0732 e. The van der Waals surface area contributed by atoms with E-state index in [-0.39, 0.29) is 0 Å². The van der Waals surface area contributed by atoms with Gasteiger partial charge in [-0.1, -0.05) is 34.1 Å². The largest absolute Gasteiger partial charge is 0.372 e. The Kier molecular flexibility index (Phi) is 3.56. The van der Waals surface area contributed by atoms with Crippen molar-refractivity contribution in [3.63, 3.8) is 0 Å². The second kappa shape index (κ2) is 4.91. The summed E-state index contributed by atoms with van der Waals surface area (Å²) in [5, 5.41) is 3.29. The lowest BCUT2D eigenvalue weighted by Gasteiger charge is -2.11. The maximum atomic E-state index is 5.78. The molecule has 0 spiro atoms. The van der Waals surface area contributed by atoms with Crippen molar-refractivity contribution in [1.29, 1.82) is 0 Å². The Hall–Kier alpha value is -0.380. The number of halogens is 1. The summed E-state index contributed by atoms with van der Waals surface area (Å²) < 4.78 is 6.91. The van der Waals surface area contributed by atoms with E-state index in [1.54, 1.807) is 0 Å². The van der Waals surface area contributed by atoms with E-state index in [9.17, 15) is 0 Å². The Morgan fingerprint density at radius 2 is 2.29 bits per heavy atom. The van der Waals surface area contributed by atoms with Crippen molar-refractivity contribution < 1.29 is 4.74 Å². The van der Waals surface area contributed by atoms with Gasteiger partial charge < -0.3 is 10.1 Å². The number of ether oxygens (including phenoxy) is 1. The molecule has 0 unspecified atom stereocenters. The van der Waals surface area contributed by atoms with Gasteiger partial charge in [-0.15, -0.1) is 0 Å². The van der Waals surface area contributed by atoms with Crippen molar-refractivity contribution >= 4 is 15.9 Å². The van der Waals surface area contributed by atoms with Crippen LogP contribution in [0.25, 0.3) is 0 Å². The van der Waals surface area contributed by atoms with E-state index >= 15 is 0 Å². The van der Waals surface area contributed by atoms with Crippen LogP contribution in [-0.4, -0.2) is 19.2 Å². The Morgan fingerprint density at radius 3 is 3.00 bits per heavy atom. The van der Waals surface area contributed by atoms with Crippen molar-refractivity contribution in [2.45, 2.75) is 19.1 Å². The third-order valence-corrected chi connectivity index (χ3v) is 3.22. The van der Waals surface area contributed by atoms with Gasteiger partial charge in [0.05, 0.1) is 12.7 Å². The van der Waals surface area contributed by atoms with E-state index < -0.39 is 0 Å². The Balaban J connectivity index is 1.88. The fourth-order valence-electron chi connectivity index (χ4n) is 1.59. The van der Waals surface area contributed by atoms with Crippen LogP contribution in [0.4, 0.5) is 0 Å². The van der Waals surface area contributed by atoms with Gasteiger partial charge in [0.1, 0.15) is 0 Å². The van der Waals surface area contributed by atoms with Gasteiger partial charge in [-0.05, 0) is 24.6 Å². The molecule has 1 saturated heterocycles. The van der Waals surface area contributed by atoms with E-state index in [1.165, 1.54) is 5.56 Å². The van der Waals surface area contributed by atoms with Crippen molar-refractivity contribution in [2.75, 3.05) is 13.1 Å². The lowest BCUT2D eigenvalue weighted by atomic mass is 10.2. The molecule has 0 radical (unpaired) electrons. The minimum atomic E-state index is 0.391. The summed E-state index contributed by atoms with van der Waals surface area (Å²) in [5.74, 6) is 0. The molecule has 0 saturated carbocycles. The quantitative estimate of drug-likeness (QED) is 0.896. The second-order valence-corrected chi connectivity index (χ2v) is 4.37. The summed E-state index contributed by atoms with van der Waals surface area (Å²) in [6, 6.07) is 8.19. The van der Waals surface area contributed by atoms with Crippen LogP contribution in [-0.2, 0) is 11.3 Å². The summed E-state index contributed by atoms with van der Waals surface area (Å²) >= 11 is 3.51. The summed E-state index contributed by atoms with van der Waals surface area (Å²) in [5.41, 5.74) is 1.22. The minimum absolute atomic E-state index is 0.391. The lowest BCUT2D eigenvalue weighted by Crippen LogP contribution is -2.16. The van der Waals surface area contributed by atoms with Gasteiger partial charge in [0.15, 0.2) is 0 Å². The van der Waals surface area contributed by atoms with Crippen molar-refractivity contribution in [1.82, 2.24) is 5.32 Å². The van der Waals surface area contributed by atoms with E-state index in [0.29, 0.717) is 12.7 Å².